The Kier molecular flexibility index (Phi) is 7.36. The molecule has 1 fully saturated rings. The van der Waals surface area contributed by atoms with Crippen molar-refractivity contribution >= 4 is 13.7 Å². The molecule has 1 saturated heterocycles. The lowest BCUT2D eigenvalue weighted by molar-refractivity contribution is -0.122. The van der Waals surface area contributed by atoms with Crippen molar-refractivity contribution < 1.29 is 23.5 Å². The zero-order valence-corrected chi connectivity index (χ0v) is 16.8. The van der Waals surface area contributed by atoms with E-state index < -0.39 is 55.9 Å². The van der Waals surface area contributed by atoms with Gasteiger partial charge in [0, 0.05) is 30.1 Å². The van der Waals surface area contributed by atoms with E-state index in [4.69, 9.17) is 14.8 Å². The topological polar surface area (TPSA) is 201 Å². The van der Waals surface area contributed by atoms with E-state index in [9.17, 15) is 23.8 Å². The molecule has 0 saturated carbocycles. The minimum absolute atomic E-state index is 0.0846. The molecule has 0 aliphatic carbocycles. The van der Waals surface area contributed by atoms with Crippen molar-refractivity contribution in [2.45, 2.75) is 44.7 Å². The number of likely N-dealkylation sites (N-methyl/N-ethyl adjacent to an activating group) is 1. The molecule has 1 unspecified atom stereocenters. The highest BCUT2D eigenvalue weighted by molar-refractivity contribution is 7.50. The van der Waals surface area contributed by atoms with E-state index in [-0.39, 0.29) is 12.0 Å². The molecule has 1 aromatic heterocycles. The molecule has 4 N–H and O–H groups in total. The molecule has 1 aliphatic heterocycles. The summed E-state index contributed by atoms with van der Waals surface area (Å²) in [6, 6.07) is -1.79. The molecule has 0 bridgehead atoms. The normalized spacial score (nSPS) is 24.3. The molecule has 1 aromatic rings. The van der Waals surface area contributed by atoms with Gasteiger partial charge in [0.1, 0.15) is 6.23 Å². The van der Waals surface area contributed by atoms with Crippen LogP contribution in [0.2, 0.25) is 0 Å². The fourth-order valence-corrected chi connectivity index (χ4v) is 3.79. The van der Waals surface area contributed by atoms with Crippen LogP contribution >= 0.6 is 7.75 Å². The highest BCUT2D eigenvalue weighted by Gasteiger charge is 2.38. The number of ether oxygens (including phenoxy) is 1. The second-order valence-electron chi connectivity index (χ2n) is 6.40. The molecular weight excluding hydrogens is 409 g/mol. The lowest BCUT2D eigenvalue weighted by atomic mass is 10.1. The van der Waals surface area contributed by atoms with E-state index in [1.165, 1.54) is 27.1 Å². The first-order valence-electron chi connectivity index (χ1n) is 8.56. The molecule has 14 nitrogen and oxygen atoms in total. The van der Waals surface area contributed by atoms with Crippen LogP contribution in [0.4, 0.5) is 0 Å². The zero-order chi connectivity index (χ0) is 21.8. The molecule has 2 heterocycles. The van der Waals surface area contributed by atoms with Gasteiger partial charge in [0.25, 0.3) is 5.56 Å². The van der Waals surface area contributed by atoms with E-state index in [0.29, 0.717) is 0 Å². The number of hydrogen-bond donors (Lipinski definition) is 4. The van der Waals surface area contributed by atoms with Gasteiger partial charge in [-0.1, -0.05) is 5.11 Å². The first-order chi connectivity index (χ1) is 13.6. The van der Waals surface area contributed by atoms with Crippen molar-refractivity contribution in [2.24, 2.45) is 5.11 Å². The van der Waals surface area contributed by atoms with E-state index in [0.717, 1.165) is 4.57 Å². The highest BCUT2D eigenvalue weighted by atomic mass is 31.2. The molecule has 0 radical (unpaired) electrons. The number of aromatic amines is 1. The molecule has 2 rings (SSSR count). The third kappa shape index (κ3) is 5.76. The number of nitrogens with one attached hydrogen (secondary N) is 3. The predicted octanol–water partition coefficient (Wildman–Crippen LogP) is -0.347. The van der Waals surface area contributed by atoms with E-state index in [2.05, 4.69) is 25.4 Å². The van der Waals surface area contributed by atoms with E-state index >= 15 is 0 Å². The Morgan fingerprint density at radius 2 is 2.31 bits per heavy atom. The molecular formula is C14H22N7O7P. The highest BCUT2D eigenvalue weighted by Crippen LogP contribution is 2.40. The number of H-pyrrole nitrogens is 1. The van der Waals surface area contributed by atoms with Crippen LogP contribution in [0.15, 0.2) is 20.9 Å². The van der Waals surface area contributed by atoms with Crippen LogP contribution in [0.3, 0.4) is 0 Å². The number of nitrogens with zero attached hydrogens (tertiary/aromatic N) is 4. The van der Waals surface area contributed by atoms with Gasteiger partial charge in [0.2, 0.25) is 5.91 Å². The van der Waals surface area contributed by atoms with Crippen molar-refractivity contribution in [2.75, 3.05) is 13.7 Å². The number of aryl methyl sites for hydroxylation is 1. The van der Waals surface area contributed by atoms with Crippen LogP contribution in [-0.2, 0) is 18.6 Å². The molecule has 5 atom stereocenters. The first-order valence-corrected chi connectivity index (χ1v) is 10.1. The number of amides is 1. The number of aromatic nitrogens is 2. The maximum atomic E-state index is 12.1. The quantitative estimate of drug-likeness (QED) is 0.185. The van der Waals surface area contributed by atoms with Gasteiger partial charge in [-0.25, -0.2) is 14.4 Å². The van der Waals surface area contributed by atoms with Crippen LogP contribution in [0.5, 0.6) is 0 Å². The van der Waals surface area contributed by atoms with Gasteiger partial charge in [0.05, 0.1) is 24.8 Å². The van der Waals surface area contributed by atoms with Gasteiger partial charge in [-0.3, -0.25) is 23.7 Å². The van der Waals surface area contributed by atoms with Crippen molar-refractivity contribution in [3.8, 4) is 0 Å². The average Bonchev–Trinajstić information content (AvgIpc) is 3.05. The van der Waals surface area contributed by atoms with Crippen LogP contribution in [0.1, 0.15) is 25.1 Å². The summed E-state index contributed by atoms with van der Waals surface area (Å²) >= 11 is 0. The number of azide groups is 1. The van der Waals surface area contributed by atoms with Gasteiger partial charge in [0.15, 0.2) is 0 Å². The Labute approximate surface area is 164 Å². The summed E-state index contributed by atoms with van der Waals surface area (Å²) in [4.78, 5) is 49.8. The van der Waals surface area contributed by atoms with Crippen molar-refractivity contribution in [1.82, 2.24) is 20.0 Å². The van der Waals surface area contributed by atoms with Crippen molar-refractivity contribution in [1.29, 1.82) is 0 Å². The minimum atomic E-state index is -4.37. The maximum Gasteiger partial charge on any atom is 0.403 e. The van der Waals surface area contributed by atoms with Crippen molar-refractivity contribution in [3.05, 3.63) is 43.0 Å². The van der Waals surface area contributed by atoms with Gasteiger partial charge >= 0.3 is 13.4 Å². The van der Waals surface area contributed by atoms with Gasteiger partial charge in [-0.15, -0.1) is 0 Å². The number of carbonyl (C=O) groups is 1. The largest absolute Gasteiger partial charge is 0.403 e. The average molecular weight is 431 g/mol. The number of carbonyl (C=O) groups excluding carboxylic acids is 1. The lowest BCUT2D eigenvalue weighted by Crippen LogP contribution is -2.39. The lowest BCUT2D eigenvalue weighted by Gasteiger charge is -2.21. The molecule has 15 heteroatoms. The van der Waals surface area contributed by atoms with Gasteiger partial charge in [-0.2, -0.15) is 0 Å². The summed E-state index contributed by atoms with van der Waals surface area (Å²) in [5, 5.41) is 8.07. The fourth-order valence-electron chi connectivity index (χ4n) is 2.76. The Morgan fingerprint density at radius 1 is 1.62 bits per heavy atom. The van der Waals surface area contributed by atoms with Crippen LogP contribution < -0.4 is 21.7 Å². The molecule has 1 amide bonds. The molecule has 0 spiro atoms. The Morgan fingerprint density at radius 3 is 2.93 bits per heavy atom. The van der Waals surface area contributed by atoms with Crippen LogP contribution in [0, 0.1) is 6.92 Å². The third-order valence-electron chi connectivity index (χ3n) is 4.27. The molecule has 29 heavy (non-hydrogen) atoms. The summed E-state index contributed by atoms with van der Waals surface area (Å²) in [5.41, 5.74) is 7.79. The van der Waals surface area contributed by atoms with E-state index in [1.807, 2.05) is 0 Å². The summed E-state index contributed by atoms with van der Waals surface area (Å²) in [5.74, 6) is -0.514. The summed E-state index contributed by atoms with van der Waals surface area (Å²) in [6.45, 7) is 2.44. The second kappa shape index (κ2) is 9.35. The zero-order valence-electron chi connectivity index (χ0n) is 15.9. The van der Waals surface area contributed by atoms with Crippen LogP contribution in [-0.4, -0.2) is 52.2 Å². The predicted molar refractivity (Wildman–Crippen MR) is 100.0 cm³/mol. The second-order valence-corrected chi connectivity index (χ2v) is 7.95. The monoisotopic (exact) mass is 431 g/mol. The van der Waals surface area contributed by atoms with Crippen LogP contribution in [0.25, 0.3) is 10.4 Å². The third-order valence-corrected chi connectivity index (χ3v) is 5.48. The Bertz CT molecular complexity index is 970. The van der Waals surface area contributed by atoms with E-state index in [1.54, 1.807) is 0 Å². The smallest absolute Gasteiger partial charge is 0.358 e. The fraction of sp³-hybridized carbons (Fsp3) is 0.643. The molecule has 160 valence electrons. The van der Waals surface area contributed by atoms with Gasteiger partial charge < -0.3 is 14.9 Å². The molecule has 0 aromatic carbocycles. The first kappa shape index (κ1) is 22.8. The summed E-state index contributed by atoms with van der Waals surface area (Å²) < 4.78 is 23.9. The van der Waals surface area contributed by atoms with Gasteiger partial charge in [-0.05, 0) is 19.4 Å². The number of hydrogen-bond acceptors (Lipinski definition) is 7. The number of rotatable bonds is 8. The van der Waals surface area contributed by atoms with Crippen molar-refractivity contribution in [3.63, 3.8) is 0 Å². The summed E-state index contributed by atoms with van der Waals surface area (Å²) in [7, 11) is -2.99. The SMILES string of the molecule is CNC(=O)[C@H](C)NP(=O)(O)OC[C@H]1O[C@@H](n2cc(C)c(=O)[nH]c2=O)C[C@@H]1N=[N+]=[N-]. The molecule has 1 aliphatic rings. The minimum Gasteiger partial charge on any atom is -0.358 e. The Balaban J connectivity index is 2.12. The summed E-state index contributed by atoms with van der Waals surface area (Å²) in [6.07, 6.45) is -0.418. The Hall–Kier alpha value is -2.47. The maximum absolute atomic E-state index is 12.1. The standard InChI is InChI=1S/C14H22N7O7P/c1-7-5-21(14(24)17-12(7)22)11-4-9(18-20-15)10(28-11)6-27-29(25,26)19-8(2)13(23)16-3/h5,8-11H,4,6H2,1-3H3,(H,16,23)(H,17,22,24)(H2,19,25,26)/t8-,9-,10+,11+/m0/s1.